The maximum absolute atomic E-state index is 15.0. The van der Waals surface area contributed by atoms with Gasteiger partial charge in [0.25, 0.3) is 0 Å². The number of halogens is 3. The molecule has 0 amide bonds. The summed E-state index contributed by atoms with van der Waals surface area (Å²) in [5, 5.41) is 8.63. The van der Waals surface area contributed by atoms with Crippen LogP contribution in [0.1, 0.15) is 48.5 Å². The molecule has 0 saturated heterocycles. The number of rotatable bonds is 9. The Kier molecular flexibility index (Phi) is 7.06. The van der Waals surface area contributed by atoms with Gasteiger partial charge in [-0.3, -0.25) is 4.79 Å². The molecule has 0 heterocycles. The first-order chi connectivity index (χ1) is 12.5. The van der Waals surface area contributed by atoms with Gasteiger partial charge in [-0.1, -0.05) is 30.7 Å². The quantitative estimate of drug-likeness (QED) is 0.619. The Morgan fingerprint density at radius 3 is 2.46 bits per heavy atom. The van der Waals surface area contributed by atoms with Gasteiger partial charge in [0.2, 0.25) is 5.82 Å². The van der Waals surface area contributed by atoms with Crippen molar-refractivity contribution in [3.63, 3.8) is 0 Å². The number of benzene rings is 2. The smallest absolute Gasteiger partial charge is 0.303 e. The van der Waals surface area contributed by atoms with E-state index in [0.717, 1.165) is 0 Å². The number of unbranched alkanes of at least 4 members (excludes halogenated alkanes) is 2. The molecule has 0 aliphatic heterocycles. The molecule has 0 spiro atoms. The first-order valence-electron chi connectivity index (χ1n) is 8.41. The molecule has 0 fully saturated rings. The fourth-order valence-electron chi connectivity index (χ4n) is 2.85. The summed E-state index contributed by atoms with van der Waals surface area (Å²) in [5.74, 6) is -3.58. The summed E-state index contributed by atoms with van der Waals surface area (Å²) in [6.07, 6.45) is 0.778. The molecule has 2 aromatic carbocycles. The van der Waals surface area contributed by atoms with E-state index < -0.39 is 23.8 Å². The Bertz CT molecular complexity index is 762. The zero-order valence-corrected chi connectivity index (χ0v) is 14.5. The Morgan fingerprint density at radius 2 is 1.77 bits per heavy atom. The van der Waals surface area contributed by atoms with Crippen LogP contribution in [0.5, 0.6) is 5.75 Å². The molecule has 140 valence electrons. The maximum Gasteiger partial charge on any atom is 0.303 e. The fraction of sp³-hybridized carbons (Fsp3) is 0.350. The first-order valence-corrected chi connectivity index (χ1v) is 8.41. The van der Waals surface area contributed by atoms with Crippen molar-refractivity contribution in [3.05, 3.63) is 64.7 Å². The van der Waals surface area contributed by atoms with E-state index in [1.54, 1.807) is 24.3 Å². The van der Waals surface area contributed by atoms with Crippen molar-refractivity contribution in [2.45, 2.75) is 38.3 Å². The average Bonchev–Trinajstić information content (AvgIpc) is 2.63. The average molecular weight is 366 g/mol. The van der Waals surface area contributed by atoms with E-state index in [1.807, 2.05) is 0 Å². The van der Waals surface area contributed by atoms with Crippen LogP contribution in [0.2, 0.25) is 0 Å². The van der Waals surface area contributed by atoms with Crippen LogP contribution in [0.4, 0.5) is 13.2 Å². The zero-order valence-electron chi connectivity index (χ0n) is 14.5. The number of carboxylic acid groups (broad SMARTS) is 1. The third kappa shape index (κ3) is 4.77. The number of carbonyl (C=O) groups is 1. The Hall–Kier alpha value is -2.50. The minimum atomic E-state index is -1.80. The zero-order chi connectivity index (χ0) is 19.1. The highest BCUT2D eigenvalue weighted by atomic mass is 19.2. The van der Waals surface area contributed by atoms with Gasteiger partial charge in [-0.05, 0) is 42.5 Å². The van der Waals surface area contributed by atoms with E-state index in [4.69, 9.17) is 9.84 Å². The maximum atomic E-state index is 15.0. The molecule has 0 radical (unpaired) electrons. The minimum absolute atomic E-state index is 0.101. The highest BCUT2D eigenvalue weighted by Gasteiger charge is 2.23. The molecule has 2 aromatic rings. The van der Waals surface area contributed by atoms with Gasteiger partial charge < -0.3 is 9.84 Å². The number of methoxy groups -OCH3 is 1. The van der Waals surface area contributed by atoms with Crippen LogP contribution in [-0.2, 0) is 11.2 Å². The molecule has 0 aliphatic rings. The molecule has 2 rings (SSSR count). The van der Waals surface area contributed by atoms with Gasteiger partial charge >= 0.3 is 5.97 Å². The fourth-order valence-corrected chi connectivity index (χ4v) is 2.85. The Morgan fingerprint density at radius 1 is 1.04 bits per heavy atom. The molecule has 1 unspecified atom stereocenters. The van der Waals surface area contributed by atoms with E-state index in [9.17, 15) is 18.0 Å². The van der Waals surface area contributed by atoms with Crippen molar-refractivity contribution in [3.8, 4) is 5.75 Å². The second kappa shape index (κ2) is 9.27. The summed E-state index contributed by atoms with van der Waals surface area (Å²) < 4.78 is 47.7. The summed E-state index contributed by atoms with van der Waals surface area (Å²) in [4.78, 5) is 10.5. The molecular formula is C20H21F3O3. The lowest BCUT2D eigenvalue weighted by Crippen LogP contribution is -2.05. The van der Waals surface area contributed by atoms with Crippen molar-refractivity contribution in [1.29, 1.82) is 0 Å². The summed E-state index contributed by atoms with van der Waals surface area (Å²) in [5.41, 5.74) is 0.613. The van der Waals surface area contributed by atoms with Crippen LogP contribution in [0.25, 0.3) is 0 Å². The predicted molar refractivity (Wildman–Crippen MR) is 92.1 cm³/mol. The molecule has 1 N–H and O–H groups in total. The van der Waals surface area contributed by atoms with E-state index in [-0.39, 0.29) is 23.3 Å². The molecule has 0 saturated carbocycles. The molecule has 6 heteroatoms. The third-order valence-electron chi connectivity index (χ3n) is 4.23. The van der Waals surface area contributed by atoms with E-state index in [1.165, 1.54) is 19.2 Å². The summed E-state index contributed by atoms with van der Waals surface area (Å²) >= 11 is 0. The summed E-state index contributed by atoms with van der Waals surface area (Å²) in [7, 11) is 1.21. The van der Waals surface area contributed by atoms with Gasteiger partial charge in [-0.15, -0.1) is 0 Å². The SMILES string of the molecule is COc1ccc(C(F)c2ccccc2CCCCCC(=O)O)c(F)c1F. The first kappa shape index (κ1) is 19.8. The third-order valence-corrected chi connectivity index (χ3v) is 4.23. The number of hydrogen-bond acceptors (Lipinski definition) is 2. The van der Waals surface area contributed by atoms with Gasteiger partial charge in [-0.25, -0.2) is 8.78 Å². The number of aliphatic carboxylic acids is 1. The van der Waals surface area contributed by atoms with Crippen molar-refractivity contribution in [2.75, 3.05) is 7.11 Å². The van der Waals surface area contributed by atoms with Gasteiger partial charge in [-0.2, -0.15) is 4.39 Å². The highest BCUT2D eigenvalue weighted by Crippen LogP contribution is 2.34. The van der Waals surface area contributed by atoms with Gasteiger partial charge in [0.15, 0.2) is 17.7 Å². The van der Waals surface area contributed by atoms with Crippen molar-refractivity contribution >= 4 is 5.97 Å². The van der Waals surface area contributed by atoms with E-state index in [0.29, 0.717) is 31.2 Å². The van der Waals surface area contributed by atoms with Crippen molar-refractivity contribution in [2.24, 2.45) is 0 Å². The van der Waals surface area contributed by atoms with Crippen LogP contribution in [0, 0.1) is 11.6 Å². The van der Waals surface area contributed by atoms with Crippen molar-refractivity contribution in [1.82, 2.24) is 0 Å². The van der Waals surface area contributed by atoms with Gasteiger partial charge in [0, 0.05) is 12.0 Å². The lowest BCUT2D eigenvalue weighted by molar-refractivity contribution is -0.137. The number of aryl methyl sites for hydroxylation is 1. The van der Waals surface area contributed by atoms with Gasteiger partial charge in [0.1, 0.15) is 0 Å². The number of carboxylic acids is 1. The number of ether oxygens (including phenoxy) is 1. The standard InChI is InChI=1S/C20H21F3O3/c1-26-16-12-11-15(19(22)20(16)23)18(21)14-9-6-5-8-13(14)7-3-2-4-10-17(24)25/h5-6,8-9,11-12,18H,2-4,7,10H2,1H3,(H,24,25). The lowest BCUT2D eigenvalue weighted by Gasteiger charge is -2.16. The van der Waals surface area contributed by atoms with Gasteiger partial charge in [0.05, 0.1) is 7.11 Å². The van der Waals surface area contributed by atoms with Crippen LogP contribution < -0.4 is 4.74 Å². The molecule has 0 aliphatic carbocycles. The summed E-state index contributed by atoms with van der Waals surface area (Å²) in [6, 6.07) is 9.09. The monoisotopic (exact) mass is 366 g/mol. The van der Waals surface area contributed by atoms with E-state index in [2.05, 4.69) is 0 Å². The predicted octanol–water partition coefficient (Wildman–Crippen LogP) is 5.22. The van der Waals surface area contributed by atoms with E-state index >= 15 is 0 Å². The normalized spacial score (nSPS) is 12.0. The number of alkyl halides is 1. The minimum Gasteiger partial charge on any atom is -0.494 e. The molecular weight excluding hydrogens is 345 g/mol. The second-order valence-corrected chi connectivity index (χ2v) is 6.00. The Labute approximate surface area is 150 Å². The number of hydrogen-bond donors (Lipinski definition) is 1. The molecule has 26 heavy (non-hydrogen) atoms. The highest BCUT2D eigenvalue weighted by molar-refractivity contribution is 5.66. The lowest BCUT2D eigenvalue weighted by atomic mass is 9.94. The molecule has 3 nitrogen and oxygen atoms in total. The molecule has 1 atom stereocenters. The van der Waals surface area contributed by atoms with Crippen LogP contribution in [0.3, 0.4) is 0 Å². The van der Waals surface area contributed by atoms with Crippen LogP contribution in [-0.4, -0.2) is 18.2 Å². The summed E-state index contributed by atoms with van der Waals surface area (Å²) in [6.45, 7) is 0. The second-order valence-electron chi connectivity index (χ2n) is 6.00. The van der Waals surface area contributed by atoms with Crippen LogP contribution >= 0.6 is 0 Å². The Balaban J connectivity index is 2.16. The van der Waals surface area contributed by atoms with Crippen LogP contribution in [0.15, 0.2) is 36.4 Å². The largest absolute Gasteiger partial charge is 0.494 e. The molecule has 0 bridgehead atoms. The topological polar surface area (TPSA) is 46.5 Å². The van der Waals surface area contributed by atoms with Crippen molar-refractivity contribution < 1.29 is 27.8 Å². The molecule has 0 aromatic heterocycles.